The molecule has 2 heteroatoms. The fraction of sp³-hybridized carbons (Fsp3) is 0.950. The van der Waals surface area contributed by atoms with Gasteiger partial charge in [-0.25, -0.2) is 0 Å². The molecule has 22 heavy (non-hydrogen) atoms. The molecule has 1 saturated carbocycles. The molecule has 0 heterocycles. The van der Waals surface area contributed by atoms with E-state index in [-0.39, 0.29) is 24.4 Å². The maximum atomic E-state index is 12.8. The summed E-state index contributed by atoms with van der Waals surface area (Å²) in [6, 6.07) is 0.00873. The molecule has 1 unspecified atom stereocenters. The summed E-state index contributed by atoms with van der Waals surface area (Å²) in [6.07, 6.45) is 10.5. The Morgan fingerprint density at radius 1 is 0.955 bits per heavy atom. The predicted octanol–water partition coefficient (Wildman–Crippen LogP) is 5.75. The van der Waals surface area contributed by atoms with Crippen LogP contribution in [-0.2, 0) is 4.79 Å². The van der Waals surface area contributed by atoms with Crippen molar-refractivity contribution in [2.24, 2.45) is 11.3 Å². The van der Waals surface area contributed by atoms with Gasteiger partial charge < -0.3 is 5.32 Å². The molecule has 0 spiro atoms. The normalized spacial score (nSPS) is 19.7. The lowest BCUT2D eigenvalue weighted by molar-refractivity contribution is -0.129. The van der Waals surface area contributed by atoms with Crippen LogP contribution >= 0.6 is 0 Å². The zero-order chi connectivity index (χ0) is 16.1. The third kappa shape index (κ3) is 8.31. The first-order chi connectivity index (χ1) is 9.59. The molecule has 0 amide bonds. The second-order valence-electron chi connectivity index (χ2n) is 9.01. The Labute approximate surface area is 139 Å². The Morgan fingerprint density at radius 3 is 1.82 bits per heavy atom. The van der Waals surface area contributed by atoms with Gasteiger partial charge >= 0.3 is 0 Å². The largest absolute Gasteiger partial charge is 0.303 e. The van der Waals surface area contributed by atoms with Gasteiger partial charge in [0.25, 0.3) is 0 Å². The summed E-state index contributed by atoms with van der Waals surface area (Å²) in [7, 11) is 0. The van der Waals surface area contributed by atoms with Crippen LogP contribution in [0.25, 0.3) is 0 Å². The number of hydrogen-bond acceptors (Lipinski definition) is 2. The number of rotatable bonds is 4. The monoisotopic (exact) mass is 311 g/mol. The van der Waals surface area contributed by atoms with Crippen molar-refractivity contribution in [1.29, 1.82) is 0 Å². The Bertz CT molecular complexity index is 314. The number of nitrogens with one attached hydrogen (secondary N) is 1. The van der Waals surface area contributed by atoms with Gasteiger partial charge in [-0.3, -0.25) is 4.79 Å². The van der Waals surface area contributed by atoms with Crippen LogP contribution in [-0.4, -0.2) is 17.4 Å². The molecule has 1 atom stereocenters. The van der Waals surface area contributed by atoms with E-state index in [2.05, 4.69) is 26.1 Å². The van der Waals surface area contributed by atoms with Crippen LogP contribution in [0.1, 0.15) is 100 Å². The van der Waals surface area contributed by atoms with Crippen LogP contribution in [0, 0.1) is 11.3 Å². The van der Waals surface area contributed by atoms with Crippen LogP contribution < -0.4 is 5.32 Å². The second-order valence-corrected chi connectivity index (χ2v) is 9.01. The van der Waals surface area contributed by atoms with E-state index in [1.807, 2.05) is 20.8 Å². The van der Waals surface area contributed by atoms with Crippen molar-refractivity contribution < 1.29 is 4.79 Å². The highest BCUT2D eigenvalue weighted by molar-refractivity contribution is 5.88. The summed E-state index contributed by atoms with van der Waals surface area (Å²) in [5.41, 5.74) is -0.266. The fourth-order valence-electron chi connectivity index (χ4n) is 3.39. The average Bonchev–Trinajstić information content (AvgIpc) is 2.27. The van der Waals surface area contributed by atoms with Gasteiger partial charge in [0.1, 0.15) is 0 Å². The molecular weight excluding hydrogens is 270 g/mol. The zero-order valence-electron chi connectivity index (χ0n) is 15.2. The number of carbonyl (C=O) groups is 1. The molecule has 0 aromatic heterocycles. The molecule has 1 aliphatic carbocycles. The van der Waals surface area contributed by atoms with E-state index in [1.165, 1.54) is 44.9 Å². The molecule has 0 bridgehead atoms. The van der Waals surface area contributed by atoms with Crippen molar-refractivity contribution >= 4 is 5.78 Å². The van der Waals surface area contributed by atoms with E-state index in [0.29, 0.717) is 5.78 Å². The third-order valence-corrected chi connectivity index (χ3v) is 4.46. The molecule has 1 fully saturated rings. The standard InChI is InChI=1S/C19H37NO.CH4/c1-18(2,3)17(21)16(20-19(4,5)6)14-15-12-10-8-7-9-11-13-15;/h15-16,20H,7-14H2,1-6H3;1H4. The third-order valence-electron chi connectivity index (χ3n) is 4.46. The zero-order valence-corrected chi connectivity index (χ0v) is 15.2. The minimum Gasteiger partial charge on any atom is -0.303 e. The van der Waals surface area contributed by atoms with Crippen LogP contribution in [0.3, 0.4) is 0 Å². The Kier molecular flexibility index (Phi) is 8.90. The summed E-state index contributed by atoms with van der Waals surface area (Å²) in [5, 5.41) is 3.60. The van der Waals surface area contributed by atoms with Gasteiger partial charge in [-0.15, -0.1) is 0 Å². The molecule has 2 nitrogen and oxygen atoms in total. The molecule has 1 aliphatic rings. The van der Waals surface area contributed by atoms with Crippen molar-refractivity contribution in [3.63, 3.8) is 0 Å². The molecule has 0 saturated heterocycles. The highest BCUT2D eigenvalue weighted by atomic mass is 16.1. The van der Waals surface area contributed by atoms with Gasteiger partial charge in [0, 0.05) is 11.0 Å². The Morgan fingerprint density at radius 2 is 1.41 bits per heavy atom. The number of hydrogen-bond donors (Lipinski definition) is 1. The van der Waals surface area contributed by atoms with Gasteiger partial charge in [0.2, 0.25) is 0 Å². The number of carbonyl (C=O) groups excluding carboxylic acids is 1. The highest BCUT2D eigenvalue weighted by Gasteiger charge is 2.33. The van der Waals surface area contributed by atoms with E-state index in [1.54, 1.807) is 0 Å². The van der Waals surface area contributed by atoms with Gasteiger partial charge in [0.05, 0.1) is 6.04 Å². The minimum absolute atomic E-state index is 0. The maximum absolute atomic E-state index is 12.8. The quantitative estimate of drug-likeness (QED) is 0.716. The summed E-state index contributed by atoms with van der Waals surface area (Å²) in [6.45, 7) is 12.6. The smallest absolute Gasteiger partial charge is 0.155 e. The number of ketones is 1. The van der Waals surface area contributed by atoms with Gasteiger partial charge in [0.15, 0.2) is 5.78 Å². The lowest BCUT2D eigenvalue weighted by Crippen LogP contribution is -2.51. The van der Waals surface area contributed by atoms with E-state index < -0.39 is 0 Å². The summed E-state index contributed by atoms with van der Waals surface area (Å²) in [5.74, 6) is 1.09. The van der Waals surface area contributed by atoms with Crippen molar-refractivity contribution in [3.05, 3.63) is 0 Å². The van der Waals surface area contributed by atoms with Crippen LogP contribution in [0.4, 0.5) is 0 Å². The molecule has 0 aliphatic heterocycles. The summed E-state index contributed by atoms with van der Waals surface area (Å²) in [4.78, 5) is 12.8. The van der Waals surface area contributed by atoms with E-state index in [9.17, 15) is 4.79 Å². The minimum atomic E-state index is -0.259. The summed E-state index contributed by atoms with van der Waals surface area (Å²) >= 11 is 0. The van der Waals surface area contributed by atoms with Crippen molar-refractivity contribution in [1.82, 2.24) is 5.32 Å². The topological polar surface area (TPSA) is 29.1 Å². The van der Waals surface area contributed by atoms with Gasteiger partial charge in [-0.1, -0.05) is 73.1 Å². The Balaban J connectivity index is 0.00000441. The first-order valence-electron chi connectivity index (χ1n) is 8.91. The van der Waals surface area contributed by atoms with E-state index in [0.717, 1.165) is 12.3 Å². The second kappa shape index (κ2) is 9.05. The predicted molar refractivity (Wildman–Crippen MR) is 98.3 cm³/mol. The van der Waals surface area contributed by atoms with Crippen molar-refractivity contribution in [2.45, 2.75) is 112 Å². The SMILES string of the molecule is C.CC(C)(C)NC(CC1CCCCCCC1)C(=O)C(C)(C)C. The van der Waals surface area contributed by atoms with Crippen LogP contribution in [0.2, 0.25) is 0 Å². The lowest BCUT2D eigenvalue weighted by Gasteiger charge is -2.34. The van der Waals surface area contributed by atoms with E-state index in [4.69, 9.17) is 0 Å². The van der Waals surface area contributed by atoms with Gasteiger partial charge in [-0.2, -0.15) is 0 Å². The van der Waals surface area contributed by atoms with Crippen LogP contribution in [0.5, 0.6) is 0 Å². The highest BCUT2D eigenvalue weighted by Crippen LogP contribution is 2.29. The summed E-state index contributed by atoms with van der Waals surface area (Å²) < 4.78 is 0. The first-order valence-corrected chi connectivity index (χ1v) is 8.91. The molecule has 132 valence electrons. The molecule has 1 rings (SSSR count). The average molecular weight is 312 g/mol. The molecule has 0 aromatic rings. The van der Waals surface area contributed by atoms with Crippen molar-refractivity contribution in [2.75, 3.05) is 0 Å². The molecular formula is C20H41NO. The van der Waals surface area contributed by atoms with Crippen LogP contribution in [0.15, 0.2) is 0 Å². The first kappa shape index (κ1) is 21.6. The molecule has 0 radical (unpaired) electrons. The molecule has 0 aromatic carbocycles. The number of Topliss-reactive ketones (excluding diaryl/α,β-unsaturated/α-hetero) is 1. The Hall–Kier alpha value is -0.370. The molecule has 1 N–H and O–H groups in total. The fourth-order valence-corrected chi connectivity index (χ4v) is 3.39. The lowest BCUT2D eigenvalue weighted by atomic mass is 9.79. The van der Waals surface area contributed by atoms with E-state index >= 15 is 0 Å². The van der Waals surface area contributed by atoms with Crippen molar-refractivity contribution in [3.8, 4) is 0 Å². The van der Waals surface area contributed by atoms with Gasteiger partial charge in [-0.05, 0) is 33.1 Å². The maximum Gasteiger partial charge on any atom is 0.155 e.